The van der Waals surface area contributed by atoms with Crippen molar-refractivity contribution in [2.45, 2.75) is 33.2 Å². The molecule has 0 bridgehead atoms. The SMILES string of the molecule is CCO[Si](CCCOc1c(Cl)c(Cl)c(Cl)c(Cl)c1Cl)(OCC)OCC. The van der Waals surface area contributed by atoms with E-state index in [-0.39, 0.29) is 30.9 Å². The van der Waals surface area contributed by atoms with Crippen molar-refractivity contribution in [3.8, 4) is 5.75 Å². The number of rotatable bonds is 11. The Morgan fingerprint density at radius 1 is 0.680 bits per heavy atom. The van der Waals surface area contributed by atoms with Gasteiger partial charge in [-0.05, 0) is 27.2 Å². The molecule has 1 rings (SSSR count). The van der Waals surface area contributed by atoms with Crippen molar-refractivity contribution in [1.82, 2.24) is 0 Å². The quantitative estimate of drug-likeness (QED) is 0.155. The van der Waals surface area contributed by atoms with E-state index in [1.54, 1.807) is 0 Å². The molecule has 0 aliphatic heterocycles. The summed E-state index contributed by atoms with van der Waals surface area (Å²) >= 11 is 30.3. The van der Waals surface area contributed by atoms with Gasteiger partial charge in [0.2, 0.25) is 0 Å². The molecular formula is C15H21Cl5O4Si. The summed E-state index contributed by atoms with van der Waals surface area (Å²) in [7, 11) is -2.71. The fourth-order valence-corrected chi connectivity index (χ4v) is 5.99. The van der Waals surface area contributed by atoms with Crippen LogP contribution in [-0.2, 0) is 13.3 Å². The molecule has 0 aliphatic carbocycles. The minimum Gasteiger partial charge on any atom is -0.490 e. The van der Waals surface area contributed by atoms with Crippen molar-refractivity contribution in [2.24, 2.45) is 0 Å². The molecule has 10 heteroatoms. The van der Waals surface area contributed by atoms with E-state index in [0.29, 0.717) is 38.9 Å². The normalized spacial score (nSPS) is 11.8. The van der Waals surface area contributed by atoms with Gasteiger partial charge in [0, 0.05) is 25.9 Å². The van der Waals surface area contributed by atoms with Crippen molar-refractivity contribution in [3.63, 3.8) is 0 Å². The van der Waals surface area contributed by atoms with Crippen LogP contribution in [0.5, 0.6) is 5.75 Å². The van der Waals surface area contributed by atoms with Crippen LogP contribution < -0.4 is 4.74 Å². The Morgan fingerprint density at radius 2 is 1.08 bits per heavy atom. The van der Waals surface area contributed by atoms with Crippen LogP contribution in [-0.4, -0.2) is 35.2 Å². The second-order valence-corrected chi connectivity index (χ2v) is 9.45. The van der Waals surface area contributed by atoms with Gasteiger partial charge in [0.15, 0.2) is 5.75 Å². The smallest absolute Gasteiger partial charge is 0.490 e. The highest BCUT2D eigenvalue weighted by Gasteiger charge is 2.39. The van der Waals surface area contributed by atoms with Gasteiger partial charge in [-0.1, -0.05) is 58.0 Å². The van der Waals surface area contributed by atoms with Crippen LogP contribution in [0.25, 0.3) is 0 Å². The van der Waals surface area contributed by atoms with Crippen LogP contribution in [0.15, 0.2) is 0 Å². The van der Waals surface area contributed by atoms with Gasteiger partial charge in [-0.15, -0.1) is 0 Å². The molecule has 0 saturated heterocycles. The highest BCUT2D eigenvalue weighted by Crippen LogP contribution is 2.48. The second kappa shape index (κ2) is 11.4. The van der Waals surface area contributed by atoms with Crippen LogP contribution in [0.4, 0.5) is 0 Å². The van der Waals surface area contributed by atoms with Crippen molar-refractivity contribution in [1.29, 1.82) is 0 Å². The van der Waals surface area contributed by atoms with E-state index in [1.807, 2.05) is 20.8 Å². The van der Waals surface area contributed by atoms with Gasteiger partial charge in [-0.25, -0.2) is 0 Å². The predicted octanol–water partition coefficient (Wildman–Crippen LogP) is 6.77. The summed E-state index contributed by atoms with van der Waals surface area (Å²) in [6.45, 7) is 7.61. The van der Waals surface area contributed by atoms with Crippen molar-refractivity contribution in [3.05, 3.63) is 25.1 Å². The third-order valence-electron chi connectivity index (χ3n) is 3.14. The summed E-state index contributed by atoms with van der Waals surface area (Å²) < 4.78 is 23.1. The monoisotopic (exact) mass is 468 g/mol. The molecule has 4 nitrogen and oxygen atoms in total. The lowest BCUT2D eigenvalue weighted by Gasteiger charge is -2.28. The third-order valence-corrected chi connectivity index (χ3v) is 8.53. The fourth-order valence-electron chi connectivity index (χ4n) is 2.18. The van der Waals surface area contributed by atoms with Gasteiger partial charge in [0.05, 0.1) is 21.7 Å². The molecule has 0 N–H and O–H groups in total. The second-order valence-electron chi connectivity index (χ2n) is 4.83. The predicted molar refractivity (Wildman–Crippen MR) is 107 cm³/mol. The Balaban J connectivity index is 2.77. The largest absolute Gasteiger partial charge is 0.501 e. The minimum absolute atomic E-state index is 0.0983. The number of halogens is 5. The van der Waals surface area contributed by atoms with Gasteiger partial charge in [-0.3, -0.25) is 0 Å². The molecular weight excluding hydrogens is 450 g/mol. The Labute approximate surface area is 174 Å². The average Bonchev–Trinajstić information content (AvgIpc) is 2.58. The molecule has 1 aromatic carbocycles. The lowest BCUT2D eigenvalue weighted by molar-refractivity contribution is 0.0697. The molecule has 0 aliphatic rings. The maximum atomic E-state index is 6.14. The van der Waals surface area contributed by atoms with Crippen LogP contribution in [0, 0.1) is 0 Å². The minimum atomic E-state index is -2.71. The third kappa shape index (κ3) is 6.30. The summed E-state index contributed by atoms with van der Waals surface area (Å²) in [5.41, 5.74) is 0. The first kappa shape index (κ1) is 23.6. The Hall–Kier alpha value is 0.567. The highest BCUT2D eigenvalue weighted by molar-refractivity contribution is 6.60. The first-order valence-electron chi connectivity index (χ1n) is 7.89. The average molecular weight is 471 g/mol. The van der Waals surface area contributed by atoms with Gasteiger partial charge < -0.3 is 18.0 Å². The van der Waals surface area contributed by atoms with E-state index in [4.69, 9.17) is 76.0 Å². The zero-order chi connectivity index (χ0) is 19.0. The lowest BCUT2D eigenvalue weighted by atomic mass is 10.3. The van der Waals surface area contributed by atoms with E-state index in [0.717, 1.165) is 0 Å². The van der Waals surface area contributed by atoms with E-state index in [1.165, 1.54) is 0 Å². The summed E-state index contributed by atoms with van der Waals surface area (Å²) in [6, 6.07) is 0.604. The molecule has 0 spiro atoms. The Morgan fingerprint density at radius 3 is 1.48 bits per heavy atom. The van der Waals surface area contributed by atoms with Crippen LogP contribution in [0.3, 0.4) is 0 Å². The van der Waals surface area contributed by atoms with Crippen LogP contribution in [0.2, 0.25) is 31.2 Å². The standard InChI is InChI=1S/C15H21Cl5O4Si/c1-4-22-25(23-5-2,24-6-3)9-7-8-21-15-13(19)11(17)10(16)12(18)14(15)20/h4-9H2,1-3H3. The molecule has 0 atom stereocenters. The zero-order valence-corrected chi connectivity index (χ0v) is 19.0. The number of hydrogen-bond acceptors (Lipinski definition) is 4. The molecule has 0 unspecified atom stereocenters. The van der Waals surface area contributed by atoms with Gasteiger partial charge in [0.1, 0.15) is 10.0 Å². The molecule has 0 amide bonds. The molecule has 0 fully saturated rings. The molecule has 25 heavy (non-hydrogen) atoms. The molecule has 0 saturated carbocycles. The Bertz CT molecular complexity index is 527. The highest BCUT2D eigenvalue weighted by atomic mass is 35.5. The fraction of sp³-hybridized carbons (Fsp3) is 0.600. The van der Waals surface area contributed by atoms with Crippen LogP contribution >= 0.6 is 58.0 Å². The number of hydrogen-bond donors (Lipinski definition) is 0. The maximum Gasteiger partial charge on any atom is 0.501 e. The van der Waals surface area contributed by atoms with Crippen molar-refractivity contribution < 1.29 is 18.0 Å². The Kier molecular flexibility index (Phi) is 10.8. The van der Waals surface area contributed by atoms with Gasteiger partial charge >= 0.3 is 8.80 Å². The first-order chi connectivity index (χ1) is 11.8. The first-order valence-corrected chi connectivity index (χ1v) is 11.7. The van der Waals surface area contributed by atoms with Gasteiger partial charge in [0.25, 0.3) is 0 Å². The number of ether oxygens (including phenoxy) is 1. The van der Waals surface area contributed by atoms with Crippen molar-refractivity contribution in [2.75, 3.05) is 26.4 Å². The van der Waals surface area contributed by atoms with E-state index in [2.05, 4.69) is 0 Å². The number of benzene rings is 1. The van der Waals surface area contributed by atoms with E-state index < -0.39 is 8.80 Å². The molecule has 0 heterocycles. The van der Waals surface area contributed by atoms with Gasteiger partial charge in [-0.2, -0.15) is 0 Å². The molecule has 0 aromatic heterocycles. The molecule has 1 aromatic rings. The summed E-state index contributed by atoms with van der Waals surface area (Å²) in [5.74, 6) is 0.208. The summed E-state index contributed by atoms with van der Waals surface area (Å²) in [6.07, 6.45) is 0.622. The maximum absolute atomic E-state index is 6.14. The topological polar surface area (TPSA) is 36.9 Å². The lowest BCUT2D eigenvalue weighted by Crippen LogP contribution is -2.46. The summed E-state index contributed by atoms with van der Waals surface area (Å²) in [4.78, 5) is 0. The van der Waals surface area contributed by atoms with Crippen LogP contribution in [0.1, 0.15) is 27.2 Å². The van der Waals surface area contributed by atoms with Crippen molar-refractivity contribution >= 4 is 66.8 Å². The van der Waals surface area contributed by atoms with E-state index in [9.17, 15) is 0 Å². The molecule has 144 valence electrons. The van der Waals surface area contributed by atoms with E-state index >= 15 is 0 Å². The molecule has 0 radical (unpaired) electrons. The zero-order valence-electron chi connectivity index (χ0n) is 14.3. The summed E-state index contributed by atoms with van der Waals surface area (Å²) in [5, 5.41) is 0.568.